The molecule has 1 atom stereocenters. The summed E-state index contributed by atoms with van der Waals surface area (Å²) in [6.07, 6.45) is 0. The number of rotatable bonds is 5. The van der Waals surface area contributed by atoms with Crippen LogP contribution >= 0.6 is 15.9 Å². The minimum absolute atomic E-state index is 0.587. The summed E-state index contributed by atoms with van der Waals surface area (Å²) in [4.78, 5) is 2.13. The lowest BCUT2D eigenvalue weighted by atomic mass is 9.95. The van der Waals surface area contributed by atoms with Crippen molar-refractivity contribution in [2.45, 2.75) is 19.1 Å². The van der Waals surface area contributed by atoms with Gasteiger partial charge in [-0.25, -0.2) is 0 Å². The second kappa shape index (κ2) is 6.53. The molecule has 2 aromatic rings. The first-order chi connectivity index (χ1) is 9.47. The van der Waals surface area contributed by atoms with E-state index in [1.165, 1.54) is 5.56 Å². The minimum Gasteiger partial charge on any atom is -0.384 e. The van der Waals surface area contributed by atoms with Crippen LogP contribution in [0.4, 0.5) is 0 Å². The standard InChI is InChI=1S/C17H20BrNO/c1-17(20,15-8-4-3-5-9-15)13-19(2)12-14-7-6-10-16(18)11-14/h3-11,20H,12-13H2,1-2H3. The van der Waals surface area contributed by atoms with Crippen molar-refractivity contribution in [1.29, 1.82) is 0 Å². The third-order valence-electron chi connectivity index (χ3n) is 3.32. The largest absolute Gasteiger partial charge is 0.384 e. The molecule has 106 valence electrons. The smallest absolute Gasteiger partial charge is 0.0994 e. The molecule has 2 nitrogen and oxygen atoms in total. The maximum atomic E-state index is 10.6. The Bertz CT molecular complexity index is 554. The Hall–Kier alpha value is -1.16. The molecule has 20 heavy (non-hydrogen) atoms. The van der Waals surface area contributed by atoms with Crippen molar-refractivity contribution in [3.63, 3.8) is 0 Å². The van der Waals surface area contributed by atoms with Crippen LogP contribution in [0.1, 0.15) is 18.1 Å². The fourth-order valence-corrected chi connectivity index (χ4v) is 2.86. The van der Waals surface area contributed by atoms with Crippen LogP contribution in [0.15, 0.2) is 59.1 Å². The second-order valence-electron chi connectivity index (χ2n) is 5.44. The SMILES string of the molecule is CN(Cc1cccc(Br)c1)CC(C)(O)c1ccccc1. The highest BCUT2D eigenvalue weighted by Gasteiger charge is 2.24. The van der Waals surface area contributed by atoms with Crippen molar-refractivity contribution in [2.24, 2.45) is 0 Å². The molecule has 0 fully saturated rings. The Morgan fingerprint density at radius 3 is 2.45 bits per heavy atom. The summed E-state index contributed by atoms with van der Waals surface area (Å²) >= 11 is 3.48. The van der Waals surface area contributed by atoms with Crippen molar-refractivity contribution >= 4 is 15.9 Å². The molecule has 0 aliphatic heterocycles. The maximum Gasteiger partial charge on any atom is 0.0994 e. The van der Waals surface area contributed by atoms with E-state index in [0.29, 0.717) is 6.54 Å². The van der Waals surface area contributed by atoms with E-state index in [2.05, 4.69) is 33.0 Å². The van der Waals surface area contributed by atoms with Crippen LogP contribution in [0.2, 0.25) is 0 Å². The number of likely N-dealkylation sites (N-methyl/N-ethyl adjacent to an activating group) is 1. The van der Waals surface area contributed by atoms with Gasteiger partial charge in [-0.15, -0.1) is 0 Å². The number of halogens is 1. The molecule has 0 aromatic heterocycles. The Labute approximate surface area is 129 Å². The summed E-state index contributed by atoms with van der Waals surface area (Å²) in [5.74, 6) is 0. The highest BCUT2D eigenvalue weighted by Crippen LogP contribution is 2.22. The Kier molecular flexibility index (Phi) is 4.97. The summed E-state index contributed by atoms with van der Waals surface area (Å²) < 4.78 is 1.08. The van der Waals surface area contributed by atoms with E-state index in [1.807, 2.05) is 56.4 Å². The van der Waals surface area contributed by atoms with Gasteiger partial charge in [0.2, 0.25) is 0 Å². The van der Waals surface area contributed by atoms with Crippen molar-refractivity contribution in [3.05, 3.63) is 70.2 Å². The molecular formula is C17H20BrNO. The number of aliphatic hydroxyl groups is 1. The topological polar surface area (TPSA) is 23.5 Å². The van der Waals surface area contributed by atoms with Gasteiger partial charge in [0.1, 0.15) is 0 Å². The van der Waals surface area contributed by atoms with E-state index in [4.69, 9.17) is 0 Å². The van der Waals surface area contributed by atoms with Crippen LogP contribution in [0.5, 0.6) is 0 Å². The van der Waals surface area contributed by atoms with E-state index in [-0.39, 0.29) is 0 Å². The van der Waals surface area contributed by atoms with Gasteiger partial charge in [0.15, 0.2) is 0 Å². The molecule has 1 unspecified atom stereocenters. The Morgan fingerprint density at radius 2 is 1.80 bits per heavy atom. The third kappa shape index (κ3) is 4.17. The first kappa shape index (κ1) is 15.2. The lowest BCUT2D eigenvalue weighted by Gasteiger charge is -2.29. The molecule has 0 amide bonds. The second-order valence-corrected chi connectivity index (χ2v) is 6.36. The molecule has 0 saturated heterocycles. The van der Waals surface area contributed by atoms with E-state index in [9.17, 15) is 5.11 Å². The van der Waals surface area contributed by atoms with Crippen LogP contribution in [-0.2, 0) is 12.1 Å². The predicted octanol–water partition coefficient (Wildman–Crippen LogP) is 3.79. The molecule has 2 aromatic carbocycles. The average molecular weight is 334 g/mol. The number of hydrogen-bond acceptors (Lipinski definition) is 2. The third-order valence-corrected chi connectivity index (χ3v) is 3.81. The molecule has 0 saturated carbocycles. The van der Waals surface area contributed by atoms with Crippen LogP contribution < -0.4 is 0 Å². The molecule has 0 heterocycles. The van der Waals surface area contributed by atoms with Crippen LogP contribution in [0.25, 0.3) is 0 Å². The predicted molar refractivity (Wildman–Crippen MR) is 86.5 cm³/mol. The Morgan fingerprint density at radius 1 is 1.10 bits per heavy atom. The highest BCUT2D eigenvalue weighted by molar-refractivity contribution is 9.10. The molecule has 0 bridgehead atoms. The molecular weight excluding hydrogens is 314 g/mol. The van der Waals surface area contributed by atoms with Crippen LogP contribution in [-0.4, -0.2) is 23.6 Å². The molecule has 0 aliphatic carbocycles. The summed E-state index contributed by atoms with van der Waals surface area (Å²) in [5, 5.41) is 10.6. The zero-order chi connectivity index (χ0) is 14.6. The lowest BCUT2D eigenvalue weighted by molar-refractivity contribution is 0.0214. The van der Waals surface area contributed by atoms with E-state index in [1.54, 1.807) is 0 Å². The highest BCUT2D eigenvalue weighted by atomic mass is 79.9. The molecule has 1 N–H and O–H groups in total. The van der Waals surface area contributed by atoms with Gasteiger partial charge in [0.05, 0.1) is 5.60 Å². The number of hydrogen-bond donors (Lipinski definition) is 1. The number of nitrogens with zero attached hydrogens (tertiary/aromatic N) is 1. The number of benzene rings is 2. The average Bonchev–Trinajstić information content (AvgIpc) is 2.39. The van der Waals surface area contributed by atoms with Crippen molar-refractivity contribution in [3.8, 4) is 0 Å². The van der Waals surface area contributed by atoms with Gasteiger partial charge >= 0.3 is 0 Å². The first-order valence-electron chi connectivity index (χ1n) is 6.68. The van der Waals surface area contributed by atoms with E-state index >= 15 is 0 Å². The van der Waals surface area contributed by atoms with Crippen molar-refractivity contribution in [1.82, 2.24) is 4.90 Å². The molecule has 3 heteroatoms. The monoisotopic (exact) mass is 333 g/mol. The lowest BCUT2D eigenvalue weighted by Crippen LogP contribution is -2.36. The molecule has 0 spiro atoms. The van der Waals surface area contributed by atoms with Gasteiger partial charge in [0, 0.05) is 17.6 Å². The summed E-state index contributed by atoms with van der Waals surface area (Å²) in [6, 6.07) is 18.1. The molecule has 0 radical (unpaired) electrons. The maximum absolute atomic E-state index is 10.6. The molecule has 2 rings (SSSR count). The van der Waals surface area contributed by atoms with E-state index < -0.39 is 5.60 Å². The zero-order valence-electron chi connectivity index (χ0n) is 11.9. The van der Waals surface area contributed by atoms with Gasteiger partial charge < -0.3 is 5.11 Å². The Balaban J connectivity index is 2.02. The van der Waals surface area contributed by atoms with Crippen molar-refractivity contribution in [2.75, 3.05) is 13.6 Å². The fraction of sp³-hybridized carbons (Fsp3) is 0.294. The van der Waals surface area contributed by atoms with Gasteiger partial charge in [-0.1, -0.05) is 58.4 Å². The van der Waals surface area contributed by atoms with Gasteiger partial charge in [-0.05, 0) is 37.2 Å². The van der Waals surface area contributed by atoms with Gasteiger partial charge in [-0.3, -0.25) is 4.90 Å². The van der Waals surface area contributed by atoms with Crippen LogP contribution in [0.3, 0.4) is 0 Å². The van der Waals surface area contributed by atoms with Gasteiger partial charge in [-0.2, -0.15) is 0 Å². The van der Waals surface area contributed by atoms with Gasteiger partial charge in [0.25, 0.3) is 0 Å². The van der Waals surface area contributed by atoms with Crippen molar-refractivity contribution < 1.29 is 5.11 Å². The normalized spacial score (nSPS) is 14.2. The first-order valence-corrected chi connectivity index (χ1v) is 7.47. The summed E-state index contributed by atoms with van der Waals surface area (Å²) in [5.41, 5.74) is 1.33. The fourth-order valence-electron chi connectivity index (χ4n) is 2.42. The molecule has 0 aliphatic rings. The zero-order valence-corrected chi connectivity index (χ0v) is 13.5. The summed E-state index contributed by atoms with van der Waals surface area (Å²) in [7, 11) is 2.03. The minimum atomic E-state index is -0.845. The quantitative estimate of drug-likeness (QED) is 0.899. The summed E-state index contributed by atoms with van der Waals surface area (Å²) in [6.45, 7) is 3.26. The van der Waals surface area contributed by atoms with E-state index in [0.717, 1.165) is 16.6 Å². The van der Waals surface area contributed by atoms with Crippen LogP contribution in [0, 0.1) is 0 Å².